The molecule has 12 nitrogen and oxygen atoms in total. The van der Waals surface area contributed by atoms with Crippen LogP contribution in [-0.4, -0.2) is 56.6 Å². The highest BCUT2D eigenvalue weighted by molar-refractivity contribution is 5.96. The van der Waals surface area contributed by atoms with Crippen molar-refractivity contribution < 1.29 is 57.1 Å². The molecule has 45 heavy (non-hydrogen) atoms. The molecular formula is C33H32O12. The van der Waals surface area contributed by atoms with E-state index in [2.05, 4.69) is 13.2 Å². The number of carbonyl (C=O) groups is 5. The zero-order valence-electron chi connectivity index (χ0n) is 24.4. The van der Waals surface area contributed by atoms with Gasteiger partial charge in [0, 0.05) is 12.2 Å². The molecule has 236 valence electrons. The molecule has 3 aromatic rings. The number of esters is 3. The first kappa shape index (κ1) is 33.8. The van der Waals surface area contributed by atoms with Crippen molar-refractivity contribution in [2.45, 2.75) is 25.7 Å². The van der Waals surface area contributed by atoms with Gasteiger partial charge in [0.2, 0.25) is 0 Å². The van der Waals surface area contributed by atoms with Crippen molar-refractivity contribution in [3.8, 4) is 17.2 Å². The van der Waals surface area contributed by atoms with Crippen LogP contribution in [0.25, 0.3) is 10.8 Å². The molecule has 0 aliphatic carbocycles. The molecule has 0 aromatic heterocycles. The minimum Gasteiger partial charge on any atom is -0.463 e. The van der Waals surface area contributed by atoms with Crippen LogP contribution < -0.4 is 14.2 Å². The van der Waals surface area contributed by atoms with E-state index in [0.29, 0.717) is 36.5 Å². The average Bonchev–Trinajstić information content (AvgIpc) is 3.04. The van der Waals surface area contributed by atoms with Gasteiger partial charge >= 0.3 is 30.2 Å². The zero-order valence-corrected chi connectivity index (χ0v) is 24.4. The van der Waals surface area contributed by atoms with Gasteiger partial charge in [-0.3, -0.25) is 0 Å². The van der Waals surface area contributed by atoms with Crippen LogP contribution in [0.5, 0.6) is 17.2 Å². The quantitative estimate of drug-likeness (QED) is 0.0454. The third-order valence-corrected chi connectivity index (χ3v) is 5.82. The summed E-state index contributed by atoms with van der Waals surface area (Å²) in [5.74, 6) is -0.937. The van der Waals surface area contributed by atoms with Crippen LogP contribution >= 0.6 is 0 Å². The SMILES string of the molecule is C=CC(=O)OCCCCOC(=O)Oc1ccc(OC(=O)c2ccc3cc(OC(=O)OCCCCOC(=O)C=C)ccc3c2)cc1. The maximum absolute atomic E-state index is 12.7. The minimum atomic E-state index is -0.898. The summed E-state index contributed by atoms with van der Waals surface area (Å²) >= 11 is 0. The summed E-state index contributed by atoms with van der Waals surface area (Å²) in [5, 5.41) is 1.42. The average molecular weight is 621 g/mol. The minimum absolute atomic E-state index is 0.0893. The van der Waals surface area contributed by atoms with Crippen LogP contribution in [0.4, 0.5) is 9.59 Å². The van der Waals surface area contributed by atoms with E-state index in [1.807, 2.05) is 0 Å². The maximum atomic E-state index is 12.7. The van der Waals surface area contributed by atoms with Gasteiger partial charge in [-0.1, -0.05) is 25.3 Å². The fourth-order valence-corrected chi connectivity index (χ4v) is 3.59. The van der Waals surface area contributed by atoms with E-state index in [4.69, 9.17) is 33.2 Å². The number of ether oxygens (including phenoxy) is 7. The van der Waals surface area contributed by atoms with E-state index in [0.717, 1.165) is 12.2 Å². The number of hydrogen-bond donors (Lipinski definition) is 0. The summed E-state index contributed by atoms with van der Waals surface area (Å²) in [6.07, 6.45) is 2.38. The van der Waals surface area contributed by atoms with Gasteiger partial charge < -0.3 is 33.2 Å². The Labute approximate surface area is 259 Å². The predicted octanol–water partition coefficient (Wildman–Crippen LogP) is 6.11. The van der Waals surface area contributed by atoms with E-state index in [9.17, 15) is 24.0 Å². The van der Waals surface area contributed by atoms with E-state index in [1.165, 1.54) is 24.3 Å². The van der Waals surface area contributed by atoms with E-state index < -0.39 is 30.2 Å². The Morgan fingerprint density at radius 2 is 0.933 bits per heavy atom. The molecule has 0 atom stereocenters. The number of benzene rings is 3. The first-order valence-corrected chi connectivity index (χ1v) is 13.9. The topological polar surface area (TPSA) is 150 Å². The number of fused-ring (bicyclic) bond motifs is 1. The number of rotatable bonds is 16. The van der Waals surface area contributed by atoms with Crippen molar-refractivity contribution in [1.82, 2.24) is 0 Å². The Bertz CT molecular complexity index is 1510. The van der Waals surface area contributed by atoms with Crippen molar-refractivity contribution in [2.24, 2.45) is 0 Å². The Balaban J connectivity index is 1.41. The maximum Gasteiger partial charge on any atom is 0.513 e. The third kappa shape index (κ3) is 12.2. The lowest BCUT2D eigenvalue weighted by Crippen LogP contribution is -2.12. The molecule has 0 aliphatic heterocycles. The van der Waals surface area contributed by atoms with Gasteiger partial charge in [-0.15, -0.1) is 0 Å². The van der Waals surface area contributed by atoms with Gasteiger partial charge in [-0.25, -0.2) is 24.0 Å². The molecule has 12 heteroatoms. The first-order valence-electron chi connectivity index (χ1n) is 13.9. The molecule has 0 saturated carbocycles. The van der Waals surface area contributed by atoms with Gasteiger partial charge in [-0.05, 0) is 85.0 Å². The van der Waals surface area contributed by atoms with Crippen molar-refractivity contribution in [2.75, 3.05) is 26.4 Å². The van der Waals surface area contributed by atoms with Gasteiger partial charge in [0.15, 0.2) is 0 Å². The lowest BCUT2D eigenvalue weighted by molar-refractivity contribution is -0.138. The fraction of sp³-hybridized carbons (Fsp3) is 0.242. The highest BCUT2D eigenvalue weighted by atomic mass is 16.7. The van der Waals surface area contributed by atoms with Gasteiger partial charge in [0.25, 0.3) is 0 Å². The summed E-state index contributed by atoms with van der Waals surface area (Å²) in [6.45, 7) is 7.19. The van der Waals surface area contributed by atoms with Gasteiger partial charge in [-0.2, -0.15) is 0 Å². The van der Waals surface area contributed by atoms with Crippen LogP contribution in [0.3, 0.4) is 0 Å². The highest BCUT2D eigenvalue weighted by Gasteiger charge is 2.13. The Morgan fingerprint density at radius 1 is 0.511 bits per heavy atom. The first-order chi connectivity index (χ1) is 21.8. The predicted molar refractivity (Wildman–Crippen MR) is 160 cm³/mol. The summed E-state index contributed by atoms with van der Waals surface area (Å²) < 4.78 is 35.4. The van der Waals surface area contributed by atoms with Gasteiger partial charge in [0.1, 0.15) is 17.2 Å². The summed E-state index contributed by atoms with van der Waals surface area (Å²) in [7, 11) is 0. The molecule has 3 rings (SSSR count). The van der Waals surface area contributed by atoms with Crippen LogP contribution in [-0.2, 0) is 28.5 Å². The molecule has 0 radical (unpaired) electrons. The highest BCUT2D eigenvalue weighted by Crippen LogP contribution is 2.24. The van der Waals surface area contributed by atoms with Crippen LogP contribution in [0, 0.1) is 0 Å². The van der Waals surface area contributed by atoms with E-state index in [-0.39, 0.29) is 49.2 Å². The van der Waals surface area contributed by atoms with Gasteiger partial charge in [0.05, 0.1) is 32.0 Å². The summed E-state index contributed by atoms with van der Waals surface area (Å²) in [6, 6.07) is 15.6. The van der Waals surface area contributed by atoms with Crippen LogP contribution in [0.1, 0.15) is 36.0 Å². The molecule has 0 heterocycles. The smallest absolute Gasteiger partial charge is 0.463 e. The number of unbranched alkanes of at least 4 members (excludes halogenated alkanes) is 2. The molecule has 0 bridgehead atoms. The second-order valence-electron chi connectivity index (χ2n) is 9.14. The lowest BCUT2D eigenvalue weighted by atomic mass is 10.1. The van der Waals surface area contributed by atoms with Crippen LogP contribution in [0.15, 0.2) is 86.0 Å². The Morgan fingerprint density at radius 3 is 1.47 bits per heavy atom. The molecule has 0 spiro atoms. The van der Waals surface area contributed by atoms with Crippen molar-refractivity contribution in [3.05, 3.63) is 91.5 Å². The molecule has 0 unspecified atom stereocenters. The standard InChI is InChI=1S/C33H32O12/c1-3-29(34)39-17-5-7-19-41-32(37)44-27-15-13-26(14-16-27)43-31(36)25-10-9-24-22-28(12-11-23(24)21-25)45-33(38)42-20-8-6-18-40-30(35)4-2/h3-4,9-16,21-22H,1-2,5-8,17-20H2. The molecule has 0 aliphatic rings. The van der Waals surface area contributed by atoms with Crippen molar-refractivity contribution >= 4 is 41.0 Å². The second kappa shape index (κ2) is 18.1. The molecule has 0 amide bonds. The molecule has 0 N–H and O–H groups in total. The molecule has 0 saturated heterocycles. The zero-order chi connectivity index (χ0) is 32.4. The van der Waals surface area contributed by atoms with E-state index >= 15 is 0 Å². The number of carbonyl (C=O) groups excluding carboxylic acids is 5. The molecule has 0 fully saturated rings. The monoisotopic (exact) mass is 620 g/mol. The molecular weight excluding hydrogens is 588 g/mol. The second-order valence-corrected chi connectivity index (χ2v) is 9.14. The summed E-state index contributed by atoms with van der Waals surface area (Å²) in [5.41, 5.74) is 0.289. The van der Waals surface area contributed by atoms with Crippen molar-refractivity contribution in [1.29, 1.82) is 0 Å². The Hall–Kier alpha value is -5.65. The molecule has 3 aromatic carbocycles. The lowest BCUT2D eigenvalue weighted by Gasteiger charge is -2.09. The number of hydrogen-bond acceptors (Lipinski definition) is 12. The Kier molecular flexibility index (Phi) is 13.6. The fourth-order valence-electron chi connectivity index (χ4n) is 3.59. The largest absolute Gasteiger partial charge is 0.513 e. The third-order valence-electron chi connectivity index (χ3n) is 5.82. The van der Waals surface area contributed by atoms with Crippen LogP contribution in [0.2, 0.25) is 0 Å². The van der Waals surface area contributed by atoms with E-state index in [1.54, 1.807) is 36.4 Å². The normalized spacial score (nSPS) is 10.2. The van der Waals surface area contributed by atoms with Crippen molar-refractivity contribution in [3.63, 3.8) is 0 Å². The summed E-state index contributed by atoms with van der Waals surface area (Å²) in [4.78, 5) is 58.5.